The number of carbonyl (C=O) groups is 1. The minimum atomic E-state index is -0.519. The van der Waals surface area contributed by atoms with Gasteiger partial charge in [-0.25, -0.2) is 9.37 Å². The van der Waals surface area contributed by atoms with E-state index in [1.807, 2.05) is 36.3 Å². The van der Waals surface area contributed by atoms with Gasteiger partial charge in [-0.2, -0.15) is 5.10 Å². The van der Waals surface area contributed by atoms with Crippen molar-refractivity contribution < 1.29 is 14.3 Å². The normalized spacial score (nSPS) is 11.0. The molecule has 1 amide bonds. The Morgan fingerprint density at radius 2 is 2.00 bits per heavy atom. The van der Waals surface area contributed by atoms with Crippen LogP contribution in [-0.2, 0) is 7.05 Å². The third-order valence-electron chi connectivity index (χ3n) is 5.06. The quantitative estimate of drug-likeness (QED) is 0.464. The molecule has 0 spiro atoms. The van der Waals surface area contributed by atoms with E-state index in [9.17, 15) is 14.3 Å². The van der Waals surface area contributed by atoms with E-state index in [2.05, 4.69) is 15.4 Å². The molecule has 0 aliphatic heterocycles. The van der Waals surface area contributed by atoms with Crippen LogP contribution < -0.4 is 10.2 Å². The molecule has 0 bridgehead atoms. The van der Waals surface area contributed by atoms with E-state index in [4.69, 9.17) is 4.98 Å². The molecule has 8 nitrogen and oxygen atoms in total. The van der Waals surface area contributed by atoms with Crippen molar-refractivity contribution in [2.24, 2.45) is 7.05 Å². The lowest BCUT2D eigenvalue weighted by Gasteiger charge is -2.25. The monoisotopic (exact) mass is 434 g/mol. The highest BCUT2D eigenvalue weighted by Crippen LogP contribution is 2.30. The van der Waals surface area contributed by atoms with Crippen LogP contribution in [0.2, 0.25) is 0 Å². The summed E-state index contributed by atoms with van der Waals surface area (Å²) in [5.74, 6) is -0.895. The topological polar surface area (TPSA) is 96.2 Å². The predicted octanol–water partition coefficient (Wildman–Crippen LogP) is 3.05. The minimum Gasteiger partial charge on any atom is -0.396 e. The highest BCUT2D eigenvalue weighted by Gasteiger charge is 2.15. The summed E-state index contributed by atoms with van der Waals surface area (Å²) >= 11 is 0. The van der Waals surface area contributed by atoms with Gasteiger partial charge in [0, 0.05) is 55.9 Å². The third kappa shape index (κ3) is 4.42. The lowest BCUT2D eigenvalue weighted by molar-refractivity contribution is 0.0962. The molecule has 0 atom stereocenters. The van der Waals surface area contributed by atoms with Crippen molar-refractivity contribution in [3.8, 4) is 11.3 Å². The molecule has 4 aromatic rings. The van der Waals surface area contributed by atoms with Gasteiger partial charge in [-0.15, -0.1) is 0 Å². The number of halogens is 1. The van der Waals surface area contributed by atoms with Crippen LogP contribution >= 0.6 is 0 Å². The van der Waals surface area contributed by atoms with Gasteiger partial charge in [0.05, 0.1) is 29.1 Å². The summed E-state index contributed by atoms with van der Waals surface area (Å²) in [6.07, 6.45) is 5.75. The van der Waals surface area contributed by atoms with Crippen LogP contribution in [0.5, 0.6) is 0 Å². The smallest absolute Gasteiger partial charge is 0.251 e. The molecule has 0 aliphatic rings. The molecular weight excluding hydrogens is 411 g/mol. The van der Waals surface area contributed by atoms with Gasteiger partial charge in [-0.1, -0.05) is 0 Å². The number of benzene rings is 2. The SMILES string of the molecule is CNC(=O)c1cc(F)cc(N(CCCO)c2ccc3ncc(-c4cnn(C)c4)nc3c2)c1. The van der Waals surface area contributed by atoms with E-state index in [1.54, 1.807) is 23.1 Å². The van der Waals surface area contributed by atoms with Crippen LogP contribution in [0.25, 0.3) is 22.3 Å². The van der Waals surface area contributed by atoms with Crippen molar-refractivity contribution in [1.29, 1.82) is 0 Å². The molecule has 164 valence electrons. The standard InChI is InChI=1S/C23H23FN6O2/c1-25-23(32)15-8-17(24)10-19(9-15)30(6-3-7-31)18-4-5-20-21(11-18)28-22(13-26-20)16-12-27-29(2)14-16/h4-5,8-14,31H,3,6-7H2,1-2H3,(H,25,32). The second kappa shape index (κ2) is 9.11. The fourth-order valence-electron chi connectivity index (χ4n) is 3.50. The number of fused-ring (bicyclic) bond motifs is 1. The van der Waals surface area contributed by atoms with E-state index in [0.29, 0.717) is 35.4 Å². The number of rotatable bonds is 7. The summed E-state index contributed by atoms with van der Waals surface area (Å²) in [5, 5.41) is 16.1. The fraction of sp³-hybridized carbons (Fsp3) is 0.217. The molecule has 2 heterocycles. The van der Waals surface area contributed by atoms with Gasteiger partial charge in [0.1, 0.15) is 5.82 Å². The van der Waals surface area contributed by atoms with Crippen LogP contribution in [-0.4, -0.2) is 51.0 Å². The average Bonchev–Trinajstić information content (AvgIpc) is 3.24. The molecule has 0 saturated heterocycles. The van der Waals surface area contributed by atoms with Gasteiger partial charge in [0.25, 0.3) is 5.91 Å². The maximum absolute atomic E-state index is 14.3. The summed E-state index contributed by atoms with van der Waals surface area (Å²) in [5.41, 5.74) is 4.40. The van der Waals surface area contributed by atoms with Crippen LogP contribution in [0.15, 0.2) is 55.0 Å². The Kier molecular flexibility index (Phi) is 6.09. The third-order valence-corrected chi connectivity index (χ3v) is 5.06. The van der Waals surface area contributed by atoms with Gasteiger partial charge in [-0.3, -0.25) is 14.5 Å². The molecule has 0 aliphatic carbocycles. The van der Waals surface area contributed by atoms with Gasteiger partial charge >= 0.3 is 0 Å². The molecule has 4 rings (SSSR count). The first-order valence-electron chi connectivity index (χ1n) is 10.2. The van der Waals surface area contributed by atoms with Gasteiger partial charge in [0.2, 0.25) is 0 Å². The zero-order valence-electron chi connectivity index (χ0n) is 17.8. The molecule has 2 aromatic heterocycles. The average molecular weight is 434 g/mol. The van der Waals surface area contributed by atoms with Crippen molar-refractivity contribution in [3.05, 3.63) is 66.4 Å². The fourth-order valence-corrected chi connectivity index (χ4v) is 3.50. The van der Waals surface area contributed by atoms with Crippen LogP contribution in [0.1, 0.15) is 16.8 Å². The van der Waals surface area contributed by atoms with Gasteiger partial charge in [-0.05, 0) is 42.8 Å². The summed E-state index contributed by atoms with van der Waals surface area (Å²) < 4.78 is 16.0. The first kappa shape index (κ1) is 21.4. The Morgan fingerprint density at radius 1 is 1.16 bits per heavy atom. The van der Waals surface area contributed by atoms with Crippen LogP contribution in [0, 0.1) is 5.82 Å². The largest absolute Gasteiger partial charge is 0.396 e. The van der Waals surface area contributed by atoms with E-state index >= 15 is 0 Å². The number of anilines is 2. The Balaban J connectivity index is 1.78. The molecule has 0 saturated carbocycles. The van der Waals surface area contributed by atoms with Crippen molar-refractivity contribution in [1.82, 2.24) is 25.1 Å². The number of aliphatic hydroxyl groups excluding tert-OH is 1. The van der Waals surface area contributed by atoms with Crippen molar-refractivity contribution >= 4 is 28.3 Å². The van der Waals surface area contributed by atoms with Gasteiger partial charge < -0.3 is 15.3 Å². The Hall–Kier alpha value is -3.85. The number of hydrogen-bond acceptors (Lipinski definition) is 6. The van der Waals surface area contributed by atoms with E-state index < -0.39 is 5.82 Å². The number of nitrogens with zero attached hydrogens (tertiary/aromatic N) is 5. The van der Waals surface area contributed by atoms with E-state index in [1.165, 1.54) is 19.2 Å². The zero-order chi connectivity index (χ0) is 22.7. The van der Waals surface area contributed by atoms with Crippen molar-refractivity contribution in [2.75, 3.05) is 25.1 Å². The van der Waals surface area contributed by atoms with Gasteiger partial charge in [0.15, 0.2) is 0 Å². The number of nitrogens with one attached hydrogen (secondary N) is 1. The number of aryl methyl sites for hydroxylation is 1. The van der Waals surface area contributed by atoms with Crippen LogP contribution in [0.3, 0.4) is 0 Å². The maximum atomic E-state index is 14.3. The molecular formula is C23H23FN6O2. The Morgan fingerprint density at radius 3 is 2.72 bits per heavy atom. The first-order chi connectivity index (χ1) is 15.5. The second-order valence-corrected chi connectivity index (χ2v) is 7.34. The zero-order valence-corrected chi connectivity index (χ0v) is 17.8. The minimum absolute atomic E-state index is 0.0212. The lowest BCUT2D eigenvalue weighted by atomic mass is 10.1. The highest BCUT2D eigenvalue weighted by molar-refractivity contribution is 5.95. The predicted molar refractivity (Wildman–Crippen MR) is 120 cm³/mol. The molecule has 32 heavy (non-hydrogen) atoms. The summed E-state index contributed by atoms with van der Waals surface area (Å²) in [6, 6.07) is 9.76. The highest BCUT2D eigenvalue weighted by atomic mass is 19.1. The molecule has 2 N–H and O–H groups in total. The molecule has 2 aromatic carbocycles. The molecule has 0 unspecified atom stereocenters. The van der Waals surface area contributed by atoms with E-state index in [0.717, 1.165) is 11.3 Å². The van der Waals surface area contributed by atoms with Crippen molar-refractivity contribution in [3.63, 3.8) is 0 Å². The molecule has 9 heteroatoms. The Bertz CT molecular complexity index is 1270. The summed E-state index contributed by atoms with van der Waals surface area (Å²) in [6.45, 7) is 0.404. The Labute approximate surface area is 184 Å². The maximum Gasteiger partial charge on any atom is 0.251 e. The number of aromatic nitrogens is 4. The van der Waals surface area contributed by atoms with Crippen molar-refractivity contribution in [2.45, 2.75) is 6.42 Å². The molecule has 0 fully saturated rings. The lowest BCUT2D eigenvalue weighted by Crippen LogP contribution is -2.22. The second-order valence-electron chi connectivity index (χ2n) is 7.34. The molecule has 0 radical (unpaired) electrons. The van der Waals surface area contributed by atoms with Crippen LogP contribution in [0.4, 0.5) is 15.8 Å². The summed E-state index contributed by atoms with van der Waals surface area (Å²) in [7, 11) is 3.33. The number of amides is 1. The van der Waals surface area contributed by atoms with E-state index in [-0.39, 0.29) is 18.1 Å². The number of aliphatic hydroxyl groups is 1. The summed E-state index contributed by atoms with van der Waals surface area (Å²) in [4.78, 5) is 23.1. The number of carbonyl (C=O) groups excluding carboxylic acids is 1. The number of hydrogen-bond donors (Lipinski definition) is 2. The first-order valence-corrected chi connectivity index (χ1v) is 10.2.